The van der Waals surface area contributed by atoms with Crippen molar-refractivity contribution in [1.82, 2.24) is 4.98 Å². The molecule has 2 aliphatic rings. The van der Waals surface area contributed by atoms with Crippen LogP contribution in [0.5, 0.6) is 5.75 Å². The molecule has 0 spiro atoms. The van der Waals surface area contributed by atoms with Crippen LogP contribution in [0.15, 0.2) is 40.3 Å². The first kappa shape index (κ1) is 20.4. The minimum Gasteiger partial charge on any atom is -0.496 e. The van der Waals surface area contributed by atoms with E-state index < -0.39 is 0 Å². The van der Waals surface area contributed by atoms with Gasteiger partial charge in [0, 0.05) is 5.92 Å². The fourth-order valence-corrected chi connectivity index (χ4v) is 6.19. The van der Waals surface area contributed by atoms with Crippen LogP contribution in [-0.4, -0.2) is 12.1 Å². The van der Waals surface area contributed by atoms with E-state index in [0.717, 1.165) is 22.4 Å². The predicted molar refractivity (Wildman–Crippen MR) is 127 cm³/mol. The number of nitrogens with zero attached hydrogens (tertiary/aromatic N) is 1. The van der Waals surface area contributed by atoms with E-state index in [2.05, 4.69) is 40.7 Å². The quantitative estimate of drug-likeness (QED) is 0.408. The summed E-state index contributed by atoms with van der Waals surface area (Å²) in [6.45, 7) is 11.5. The fraction of sp³-hybridized carbons (Fsp3) is 0.464. The number of aromatic nitrogens is 1. The molecule has 1 heterocycles. The van der Waals surface area contributed by atoms with Crippen LogP contribution in [0.4, 0.5) is 0 Å². The van der Waals surface area contributed by atoms with Gasteiger partial charge in [-0.25, -0.2) is 4.98 Å². The number of oxazole rings is 1. The molecule has 162 valence electrons. The highest BCUT2D eigenvalue weighted by molar-refractivity contribution is 5.87. The van der Waals surface area contributed by atoms with Gasteiger partial charge in [0.1, 0.15) is 11.3 Å². The van der Waals surface area contributed by atoms with Crippen molar-refractivity contribution in [3.05, 3.63) is 58.2 Å². The van der Waals surface area contributed by atoms with Gasteiger partial charge >= 0.3 is 0 Å². The topological polar surface area (TPSA) is 35.3 Å². The van der Waals surface area contributed by atoms with Crippen molar-refractivity contribution in [3.8, 4) is 17.2 Å². The average molecular weight is 416 g/mol. The first-order valence-corrected chi connectivity index (χ1v) is 11.7. The van der Waals surface area contributed by atoms with Crippen LogP contribution >= 0.6 is 0 Å². The Balaban J connectivity index is 1.83. The van der Waals surface area contributed by atoms with E-state index >= 15 is 0 Å². The molecule has 0 bridgehead atoms. The Labute approximate surface area is 185 Å². The van der Waals surface area contributed by atoms with E-state index in [4.69, 9.17) is 14.1 Å². The number of methoxy groups -OCH3 is 1. The van der Waals surface area contributed by atoms with Crippen molar-refractivity contribution in [3.63, 3.8) is 0 Å². The van der Waals surface area contributed by atoms with Crippen LogP contribution in [0.1, 0.15) is 87.0 Å². The van der Waals surface area contributed by atoms with Crippen LogP contribution in [0.3, 0.4) is 0 Å². The zero-order chi connectivity index (χ0) is 21.9. The second-order valence-corrected chi connectivity index (χ2v) is 9.91. The molecule has 31 heavy (non-hydrogen) atoms. The van der Waals surface area contributed by atoms with E-state index in [1.54, 1.807) is 12.7 Å². The fourth-order valence-electron chi connectivity index (χ4n) is 6.19. The number of hydrogen-bond acceptors (Lipinski definition) is 3. The SMILES string of the molecule is COc1ccccc1-c1nc2c3c4c(c(C)c2o1)[C@H](C=C(C)C)C[C@H](C)[C@H]4CC[C@@H]3C. The lowest BCUT2D eigenvalue weighted by Gasteiger charge is -2.42. The van der Waals surface area contributed by atoms with Crippen LogP contribution in [0, 0.1) is 12.8 Å². The van der Waals surface area contributed by atoms with Gasteiger partial charge in [-0.3, -0.25) is 0 Å². The van der Waals surface area contributed by atoms with Gasteiger partial charge in [0.05, 0.1) is 12.7 Å². The highest BCUT2D eigenvalue weighted by Gasteiger charge is 2.40. The van der Waals surface area contributed by atoms with Crippen molar-refractivity contribution < 1.29 is 9.15 Å². The monoisotopic (exact) mass is 415 g/mol. The minimum atomic E-state index is 0.458. The number of benzene rings is 2. The lowest BCUT2D eigenvalue weighted by atomic mass is 9.62. The molecule has 5 rings (SSSR count). The second kappa shape index (κ2) is 7.55. The Morgan fingerprint density at radius 2 is 1.87 bits per heavy atom. The number of fused-ring (bicyclic) bond motifs is 2. The Morgan fingerprint density at radius 1 is 1.10 bits per heavy atom. The molecule has 3 nitrogen and oxygen atoms in total. The molecule has 0 amide bonds. The lowest BCUT2D eigenvalue weighted by Crippen LogP contribution is -2.28. The third-order valence-corrected chi connectivity index (χ3v) is 7.54. The van der Waals surface area contributed by atoms with Gasteiger partial charge in [-0.1, -0.05) is 37.6 Å². The lowest BCUT2D eigenvalue weighted by molar-refractivity contribution is 0.333. The van der Waals surface area contributed by atoms with Gasteiger partial charge in [0.25, 0.3) is 0 Å². The molecule has 1 aromatic heterocycles. The number of para-hydroxylation sites is 1. The van der Waals surface area contributed by atoms with Gasteiger partial charge in [-0.2, -0.15) is 0 Å². The number of ether oxygens (including phenoxy) is 1. The Bertz CT molecular complexity index is 1180. The van der Waals surface area contributed by atoms with E-state index in [1.165, 1.54) is 41.5 Å². The second-order valence-electron chi connectivity index (χ2n) is 9.91. The van der Waals surface area contributed by atoms with Gasteiger partial charge in [0.15, 0.2) is 5.58 Å². The summed E-state index contributed by atoms with van der Waals surface area (Å²) in [5.41, 5.74) is 10.2. The molecule has 0 N–H and O–H groups in total. The van der Waals surface area contributed by atoms with E-state index in [9.17, 15) is 0 Å². The standard InChI is InChI=1S/C28H33NO2/c1-15(2)13-19-14-17(4)20-12-11-16(3)23-25(20)24(19)18(5)27-26(23)29-28(31-27)21-9-7-8-10-22(21)30-6/h7-10,13,16-17,19-20H,11-12,14H2,1-6H3/t16-,17-,19+,20+/m0/s1. The van der Waals surface area contributed by atoms with Crippen molar-refractivity contribution in [2.24, 2.45) is 5.92 Å². The summed E-state index contributed by atoms with van der Waals surface area (Å²) in [5.74, 6) is 3.75. The highest BCUT2D eigenvalue weighted by atomic mass is 16.5. The zero-order valence-electron chi connectivity index (χ0n) is 19.6. The Morgan fingerprint density at radius 3 is 2.61 bits per heavy atom. The number of hydrogen-bond donors (Lipinski definition) is 0. The normalized spacial score (nSPS) is 24.7. The highest BCUT2D eigenvalue weighted by Crippen LogP contribution is 2.55. The zero-order valence-corrected chi connectivity index (χ0v) is 19.6. The van der Waals surface area contributed by atoms with E-state index in [1.807, 2.05) is 24.3 Å². The molecule has 4 atom stereocenters. The van der Waals surface area contributed by atoms with Gasteiger partial charge in [0.2, 0.25) is 5.89 Å². The molecule has 2 aromatic carbocycles. The van der Waals surface area contributed by atoms with E-state index in [-0.39, 0.29) is 0 Å². The molecule has 3 heteroatoms. The molecular formula is C28H33NO2. The largest absolute Gasteiger partial charge is 0.496 e. The summed E-state index contributed by atoms with van der Waals surface area (Å²) in [6, 6.07) is 8.00. The molecule has 2 aliphatic carbocycles. The molecule has 0 saturated carbocycles. The van der Waals surface area contributed by atoms with Gasteiger partial charge in [-0.05, 0) is 92.2 Å². The molecule has 0 aliphatic heterocycles. The molecule has 0 saturated heterocycles. The average Bonchev–Trinajstić information content (AvgIpc) is 3.18. The molecule has 0 unspecified atom stereocenters. The third kappa shape index (κ3) is 3.12. The predicted octanol–water partition coefficient (Wildman–Crippen LogP) is 7.88. The number of rotatable bonds is 3. The summed E-state index contributed by atoms with van der Waals surface area (Å²) in [5, 5.41) is 0. The first-order valence-electron chi connectivity index (χ1n) is 11.7. The van der Waals surface area contributed by atoms with Crippen LogP contribution in [0.2, 0.25) is 0 Å². The summed E-state index contributed by atoms with van der Waals surface area (Å²) in [4.78, 5) is 5.10. The summed E-state index contributed by atoms with van der Waals surface area (Å²) >= 11 is 0. The molecule has 3 aromatic rings. The summed E-state index contributed by atoms with van der Waals surface area (Å²) < 4.78 is 12.1. The number of allylic oxidation sites excluding steroid dienone is 2. The van der Waals surface area contributed by atoms with Crippen LogP contribution < -0.4 is 4.74 Å². The maximum Gasteiger partial charge on any atom is 0.231 e. The van der Waals surface area contributed by atoms with Crippen LogP contribution in [0.25, 0.3) is 22.6 Å². The minimum absolute atomic E-state index is 0.458. The van der Waals surface area contributed by atoms with E-state index in [0.29, 0.717) is 29.6 Å². The maximum absolute atomic E-state index is 6.51. The first-order chi connectivity index (χ1) is 14.9. The summed E-state index contributed by atoms with van der Waals surface area (Å²) in [6.07, 6.45) is 6.20. The number of aryl methyl sites for hydroxylation is 1. The van der Waals surface area contributed by atoms with Crippen LogP contribution in [-0.2, 0) is 0 Å². The maximum atomic E-state index is 6.51. The molecule has 0 radical (unpaired) electrons. The molecule has 0 fully saturated rings. The van der Waals surface area contributed by atoms with Crippen molar-refractivity contribution in [1.29, 1.82) is 0 Å². The smallest absolute Gasteiger partial charge is 0.231 e. The van der Waals surface area contributed by atoms with Gasteiger partial charge in [-0.15, -0.1) is 0 Å². The third-order valence-electron chi connectivity index (χ3n) is 7.54. The van der Waals surface area contributed by atoms with Crippen molar-refractivity contribution in [2.45, 2.75) is 71.6 Å². The van der Waals surface area contributed by atoms with Crippen molar-refractivity contribution >= 4 is 11.1 Å². The van der Waals surface area contributed by atoms with Gasteiger partial charge < -0.3 is 9.15 Å². The van der Waals surface area contributed by atoms with Crippen molar-refractivity contribution in [2.75, 3.05) is 7.11 Å². The Kier molecular flexibility index (Phi) is 4.96. The molecular weight excluding hydrogens is 382 g/mol. The Hall–Kier alpha value is -2.55. The summed E-state index contributed by atoms with van der Waals surface area (Å²) in [7, 11) is 1.70.